The van der Waals surface area contributed by atoms with Gasteiger partial charge in [-0.25, -0.2) is 0 Å². The van der Waals surface area contributed by atoms with Crippen LogP contribution in [-0.2, 0) is 0 Å². The van der Waals surface area contributed by atoms with E-state index in [2.05, 4.69) is 169 Å². The quantitative estimate of drug-likeness (QED) is 0.201. The van der Waals surface area contributed by atoms with E-state index in [1.54, 1.807) is 0 Å². The van der Waals surface area contributed by atoms with Crippen LogP contribution in [0.3, 0.4) is 0 Å². The van der Waals surface area contributed by atoms with Crippen LogP contribution in [0, 0.1) is 0 Å². The van der Waals surface area contributed by atoms with Gasteiger partial charge in [-0.1, -0.05) is 121 Å². The molecule has 3 nitrogen and oxygen atoms in total. The lowest BCUT2D eigenvalue weighted by molar-refractivity contribution is 0.672. The first-order chi connectivity index (χ1) is 23.3. The van der Waals surface area contributed by atoms with E-state index in [-0.39, 0.29) is 0 Å². The molecule has 0 amide bonds. The lowest BCUT2D eigenvalue weighted by atomic mass is 9.98. The zero-order valence-corrected chi connectivity index (χ0v) is 25.4. The van der Waals surface area contributed by atoms with E-state index in [1.807, 2.05) is 0 Å². The Hall–Kier alpha value is -6.32. The van der Waals surface area contributed by atoms with Gasteiger partial charge in [-0.05, 0) is 53.2 Å². The van der Waals surface area contributed by atoms with Crippen LogP contribution >= 0.6 is 0 Å². The lowest BCUT2D eigenvalue weighted by Crippen LogP contribution is -2.11. The maximum atomic E-state index is 6.82. The second-order valence-electron chi connectivity index (χ2n) is 12.1. The Morgan fingerprint density at radius 2 is 0.915 bits per heavy atom. The Kier molecular flexibility index (Phi) is 5.57. The van der Waals surface area contributed by atoms with Crippen molar-refractivity contribution in [3.63, 3.8) is 0 Å². The zero-order valence-electron chi connectivity index (χ0n) is 25.4. The van der Waals surface area contributed by atoms with Gasteiger partial charge in [0, 0.05) is 43.7 Å². The van der Waals surface area contributed by atoms with Crippen LogP contribution in [0.4, 0.5) is 17.1 Å². The van der Waals surface area contributed by atoms with E-state index in [0.29, 0.717) is 0 Å². The first-order valence-electron chi connectivity index (χ1n) is 15.9. The van der Waals surface area contributed by atoms with Gasteiger partial charge in [-0.2, -0.15) is 0 Å². The highest BCUT2D eigenvalue weighted by molar-refractivity contribution is 6.21. The van der Waals surface area contributed by atoms with E-state index in [1.165, 1.54) is 5.39 Å². The van der Waals surface area contributed by atoms with Gasteiger partial charge in [-0.15, -0.1) is 0 Å². The van der Waals surface area contributed by atoms with Crippen LogP contribution in [-0.4, -0.2) is 0 Å². The number of anilines is 3. The highest BCUT2D eigenvalue weighted by Gasteiger charge is 2.24. The minimum Gasteiger partial charge on any atom is -0.455 e. The van der Waals surface area contributed by atoms with Gasteiger partial charge in [0.2, 0.25) is 0 Å². The molecule has 0 unspecified atom stereocenters. The fourth-order valence-electron chi connectivity index (χ4n) is 7.34. The van der Waals surface area contributed by atoms with Crippen LogP contribution in [0.15, 0.2) is 173 Å². The van der Waals surface area contributed by atoms with Crippen molar-refractivity contribution in [2.75, 3.05) is 4.90 Å². The van der Waals surface area contributed by atoms with Crippen molar-refractivity contribution >= 4 is 82.5 Å². The van der Waals surface area contributed by atoms with Crippen molar-refractivity contribution in [2.24, 2.45) is 0 Å². The molecule has 2 aromatic heterocycles. The standard InChI is InChI=1S/C44H27NO2/c1-2-14-30(15-3-1)45(39-22-11-23-40-41(39)37-27-25-29-13-5-7-17-32(29)43(37)46-40)38-21-9-8-18-33(38)34-19-10-20-35-36-26-24-28-12-4-6-16-31(28)42(36)47-44(34)35/h1-27H. The fourth-order valence-corrected chi connectivity index (χ4v) is 7.34. The molecule has 0 saturated carbocycles. The van der Waals surface area contributed by atoms with Crippen molar-refractivity contribution in [1.82, 2.24) is 0 Å². The number of fused-ring (bicyclic) bond motifs is 10. The van der Waals surface area contributed by atoms with E-state index in [9.17, 15) is 0 Å². The van der Waals surface area contributed by atoms with Crippen LogP contribution in [0.25, 0.3) is 76.5 Å². The molecule has 10 rings (SSSR count). The maximum absolute atomic E-state index is 6.82. The number of hydrogen-bond donors (Lipinski definition) is 0. The molecule has 47 heavy (non-hydrogen) atoms. The molecule has 3 heteroatoms. The molecule has 220 valence electrons. The Balaban J connectivity index is 1.27. The summed E-state index contributed by atoms with van der Waals surface area (Å²) in [5.41, 5.74) is 8.88. The summed E-state index contributed by atoms with van der Waals surface area (Å²) >= 11 is 0. The van der Waals surface area contributed by atoms with Crippen LogP contribution < -0.4 is 4.90 Å². The summed E-state index contributed by atoms with van der Waals surface area (Å²) in [5.74, 6) is 0. The van der Waals surface area contributed by atoms with Gasteiger partial charge in [0.05, 0.1) is 16.8 Å². The van der Waals surface area contributed by atoms with Crippen molar-refractivity contribution in [1.29, 1.82) is 0 Å². The highest BCUT2D eigenvalue weighted by atomic mass is 16.3. The van der Waals surface area contributed by atoms with Gasteiger partial charge < -0.3 is 13.7 Å². The van der Waals surface area contributed by atoms with E-state index >= 15 is 0 Å². The molecule has 0 bridgehead atoms. The topological polar surface area (TPSA) is 29.5 Å². The molecule has 0 fully saturated rings. The molecule has 0 atom stereocenters. The Bertz CT molecular complexity index is 2810. The predicted octanol–water partition coefficient (Wildman–Crippen LogP) is 12.9. The van der Waals surface area contributed by atoms with Crippen LogP contribution in [0.5, 0.6) is 0 Å². The third-order valence-corrected chi connectivity index (χ3v) is 9.44. The van der Waals surface area contributed by atoms with Gasteiger partial charge in [0.1, 0.15) is 22.3 Å². The smallest absolute Gasteiger partial charge is 0.143 e. The minimum absolute atomic E-state index is 0.860. The number of rotatable bonds is 4. The molecule has 0 aliphatic rings. The van der Waals surface area contributed by atoms with Gasteiger partial charge in [-0.3, -0.25) is 0 Å². The number of hydrogen-bond acceptors (Lipinski definition) is 3. The first kappa shape index (κ1) is 26.0. The minimum atomic E-state index is 0.860. The van der Waals surface area contributed by atoms with Gasteiger partial charge >= 0.3 is 0 Å². The number of benzene rings is 8. The normalized spacial score (nSPS) is 11.8. The molecule has 0 aliphatic carbocycles. The molecule has 0 spiro atoms. The largest absolute Gasteiger partial charge is 0.455 e. The lowest BCUT2D eigenvalue weighted by Gasteiger charge is -2.28. The third-order valence-electron chi connectivity index (χ3n) is 9.44. The Labute approximate surface area is 270 Å². The second-order valence-corrected chi connectivity index (χ2v) is 12.1. The monoisotopic (exact) mass is 601 g/mol. The summed E-state index contributed by atoms with van der Waals surface area (Å²) in [6, 6.07) is 57.7. The summed E-state index contributed by atoms with van der Waals surface area (Å²) in [6.45, 7) is 0. The summed E-state index contributed by atoms with van der Waals surface area (Å²) in [4.78, 5) is 2.36. The summed E-state index contributed by atoms with van der Waals surface area (Å²) in [7, 11) is 0. The maximum Gasteiger partial charge on any atom is 0.143 e. The number of furan rings is 2. The average Bonchev–Trinajstić information content (AvgIpc) is 3.72. The molecule has 0 N–H and O–H groups in total. The van der Waals surface area contributed by atoms with Crippen molar-refractivity contribution < 1.29 is 8.83 Å². The molecule has 0 radical (unpaired) electrons. The van der Waals surface area contributed by atoms with E-state index in [4.69, 9.17) is 8.83 Å². The number of para-hydroxylation sites is 3. The molecular formula is C44H27NO2. The predicted molar refractivity (Wildman–Crippen MR) is 196 cm³/mol. The summed E-state index contributed by atoms with van der Waals surface area (Å²) in [5, 5.41) is 8.99. The van der Waals surface area contributed by atoms with Gasteiger partial charge in [0.25, 0.3) is 0 Å². The van der Waals surface area contributed by atoms with Crippen molar-refractivity contribution in [3.05, 3.63) is 164 Å². The zero-order chi connectivity index (χ0) is 30.9. The molecular weight excluding hydrogens is 574 g/mol. The van der Waals surface area contributed by atoms with Crippen molar-refractivity contribution in [3.8, 4) is 11.1 Å². The van der Waals surface area contributed by atoms with Crippen molar-refractivity contribution in [2.45, 2.75) is 0 Å². The van der Waals surface area contributed by atoms with E-state index < -0.39 is 0 Å². The molecule has 0 saturated heterocycles. The Morgan fingerprint density at radius 3 is 1.72 bits per heavy atom. The number of nitrogens with zero attached hydrogens (tertiary/aromatic N) is 1. The molecule has 0 aliphatic heterocycles. The fraction of sp³-hybridized carbons (Fsp3) is 0. The Morgan fingerprint density at radius 1 is 0.340 bits per heavy atom. The summed E-state index contributed by atoms with van der Waals surface area (Å²) in [6.07, 6.45) is 0. The third kappa shape index (κ3) is 3.87. The van der Waals surface area contributed by atoms with Crippen LogP contribution in [0.2, 0.25) is 0 Å². The average molecular weight is 602 g/mol. The second kappa shape index (κ2) is 10.1. The summed E-state index contributed by atoms with van der Waals surface area (Å²) < 4.78 is 13.4. The van der Waals surface area contributed by atoms with Gasteiger partial charge in [0.15, 0.2) is 0 Å². The van der Waals surface area contributed by atoms with E-state index in [0.717, 1.165) is 88.2 Å². The highest BCUT2D eigenvalue weighted by Crippen LogP contribution is 2.48. The first-order valence-corrected chi connectivity index (χ1v) is 15.9. The molecule has 10 aromatic rings. The molecule has 8 aromatic carbocycles. The molecule has 2 heterocycles. The van der Waals surface area contributed by atoms with Crippen LogP contribution in [0.1, 0.15) is 0 Å². The SMILES string of the molecule is c1ccc(N(c2ccccc2-c2cccc3c2oc2c4ccccc4ccc32)c2cccc3oc4c5ccccc5ccc4c23)cc1.